The lowest BCUT2D eigenvalue weighted by molar-refractivity contribution is -0.141. The molecule has 20 heavy (non-hydrogen) atoms. The van der Waals surface area contributed by atoms with E-state index in [2.05, 4.69) is 12.2 Å². The van der Waals surface area contributed by atoms with Crippen molar-refractivity contribution in [2.45, 2.75) is 63.6 Å². The zero-order valence-electron chi connectivity index (χ0n) is 11.9. The fraction of sp³-hybridized carbons (Fsp3) is 0.857. The van der Waals surface area contributed by atoms with Crippen LogP contribution in [0.15, 0.2) is 0 Å². The monoisotopic (exact) mass is 284 g/mol. The number of carbonyl (C=O) groups is 2. The second-order valence-corrected chi connectivity index (χ2v) is 5.90. The van der Waals surface area contributed by atoms with Crippen molar-refractivity contribution in [3.05, 3.63) is 0 Å². The number of aliphatic hydroxyl groups excluding tert-OH is 1. The van der Waals surface area contributed by atoms with E-state index >= 15 is 0 Å². The van der Waals surface area contributed by atoms with Crippen LogP contribution >= 0.6 is 0 Å². The highest BCUT2D eigenvalue weighted by Gasteiger charge is 2.40. The minimum atomic E-state index is -1.05. The number of amides is 2. The summed E-state index contributed by atoms with van der Waals surface area (Å²) in [4.78, 5) is 24.7. The molecule has 0 spiro atoms. The molecular weight excluding hydrogens is 260 g/mol. The first-order chi connectivity index (χ1) is 9.52. The SMILES string of the molecule is CCC1CCCCC1NC(=O)N1C[C@@H](O)C[C@H]1C(=O)O. The van der Waals surface area contributed by atoms with Crippen molar-refractivity contribution in [2.24, 2.45) is 5.92 Å². The van der Waals surface area contributed by atoms with E-state index in [0.29, 0.717) is 5.92 Å². The van der Waals surface area contributed by atoms with Crippen LogP contribution < -0.4 is 5.32 Å². The largest absolute Gasteiger partial charge is 0.480 e. The van der Waals surface area contributed by atoms with Crippen LogP contribution in [0.2, 0.25) is 0 Å². The molecule has 0 bridgehead atoms. The summed E-state index contributed by atoms with van der Waals surface area (Å²) in [5.41, 5.74) is 0. The smallest absolute Gasteiger partial charge is 0.326 e. The summed E-state index contributed by atoms with van der Waals surface area (Å²) in [6, 6.07) is -1.12. The molecule has 1 saturated carbocycles. The van der Waals surface area contributed by atoms with Gasteiger partial charge in [-0.1, -0.05) is 26.2 Å². The Balaban J connectivity index is 1.98. The highest BCUT2D eigenvalue weighted by Crippen LogP contribution is 2.27. The lowest BCUT2D eigenvalue weighted by Gasteiger charge is -2.33. The molecule has 1 aliphatic heterocycles. The van der Waals surface area contributed by atoms with Gasteiger partial charge in [0.05, 0.1) is 6.10 Å². The number of hydrogen-bond acceptors (Lipinski definition) is 3. The van der Waals surface area contributed by atoms with E-state index < -0.39 is 18.1 Å². The molecule has 6 heteroatoms. The zero-order valence-corrected chi connectivity index (χ0v) is 11.9. The molecule has 1 aliphatic carbocycles. The van der Waals surface area contributed by atoms with E-state index in [9.17, 15) is 14.7 Å². The number of nitrogens with one attached hydrogen (secondary N) is 1. The maximum atomic E-state index is 12.3. The summed E-state index contributed by atoms with van der Waals surface area (Å²) >= 11 is 0. The standard InChI is InChI=1S/C14H24N2O4/c1-2-9-5-3-4-6-11(9)15-14(20)16-8-10(17)7-12(16)13(18)19/h9-12,17H,2-8H2,1H3,(H,15,20)(H,18,19)/t9?,10-,11?,12-/m0/s1. The Bertz CT molecular complexity index is 374. The fourth-order valence-electron chi connectivity index (χ4n) is 3.40. The second kappa shape index (κ2) is 6.43. The first-order valence-electron chi connectivity index (χ1n) is 7.51. The Morgan fingerprint density at radius 2 is 2.00 bits per heavy atom. The molecule has 114 valence electrons. The lowest BCUT2D eigenvalue weighted by Crippen LogP contribution is -2.51. The highest BCUT2D eigenvalue weighted by molar-refractivity contribution is 5.83. The van der Waals surface area contributed by atoms with Gasteiger partial charge in [0.25, 0.3) is 0 Å². The van der Waals surface area contributed by atoms with Gasteiger partial charge in [0.15, 0.2) is 0 Å². The van der Waals surface area contributed by atoms with Crippen LogP contribution in [0.3, 0.4) is 0 Å². The maximum Gasteiger partial charge on any atom is 0.326 e. The summed E-state index contributed by atoms with van der Waals surface area (Å²) in [5, 5.41) is 21.7. The van der Waals surface area contributed by atoms with Crippen molar-refractivity contribution in [1.82, 2.24) is 10.2 Å². The lowest BCUT2D eigenvalue weighted by atomic mass is 9.83. The molecular formula is C14H24N2O4. The number of hydrogen-bond donors (Lipinski definition) is 3. The quantitative estimate of drug-likeness (QED) is 0.726. The van der Waals surface area contributed by atoms with E-state index in [-0.39, 0.29) is 25.0 Å². The van der Waals surface area contributed by atoms with Crippen molar-refractivity contribution in [3.63, 3.8) is 0 Å². The van der Waals surface area contributed by atoms with Crippen LogP contribution in [0.4, 0.5) is 4.79 Å². The molecule has 3 N–H and O–H groups in total. The minimum Gasteiger partial charge on any atom is -0.480 e. The molecule has 2 unspecified atom stereocenters. The number of nitrogens with zero attached hydrogens (tertiary/aromatic N) is 1. The van der Waals surface area contributed by atoms with Gasteiger partial charge in [0.1, 0.15) is 6.04 Å². The predicted octanol–water partition coefficient (Wildman–Crippen LogP) is 1.18. The molecule has 0 aromatic rings. The number of β-amino-alcohol motifs (C(OH)–C–C–N with tert-alkyl or cyclic N) is 1. The second-order valence-electron chi connectivity index (χ2n) is 5.90. The third-order valence-corrected chi connectivity index (χ3v) is 4.57. The summed E-state index contributed by atoms with van der Waals surface area (Å²) < 4.78 is 0. The predicted molar refractivity (Wildman–Crippen MR) is 73.3 cm³/mol. The Hall–Kier alpha value is -1.30. The summed E-state index contributed by atoms with van der Waals surface area (Å²) in [6.45, 7) is 2.22. The minimum absolute atomic E-state index is 0.103. The third kappa shape index (κ3) is 3.23. The van der Waals surface area contributed by atoms with Gasteiger partial charge in [-0.3, -0.25) is 0 Å². The highest BCUT2D eigenvalue weighted by atomic mass is 16.4. The number of carboxylic acid groups (broad SMARTS) is 1. The number of aliphatic hydroxyl groups is 1. The Morgan fingerprint density at radius 1 is 1.30 bits per heavy atom. The molecule has 2 amide bonds. The van der Waals surface area contributed by atoms with Gasteiger partial charge >= 0.3 is 12.0 Å². The third-order valence-electron chi connectivity index (χ3n) is 4.57. The van der Waals surface area contributed by atoms with Gasteiger partial charge in [-0.05, 0) is 18.8 Å². The van der Waals surface area contributed by atoms with Crippen molar-refractivity contribution in [2.75, 3.05) is 6.54 Å². The average Bonchev–Trinajstić information content (AvgIpc) is 2.82. The molecule has 1 heterocycles. The molecule has 2 aliphatic rings. The average molecular weight is 284 g/mol. The van der Waals surface area contributed by atoms with Gasteiger partial charge < -0.3 is 20.4 Å². The maximum absolute atomic E-state index is 12.3. The molecule has 0 radical (unpaired) electrons. The molecule has 0 aromatic carbocycles. The van der Waals surface area contributed by atoms with Crippen LogP contribution in [0.25, 0.3) is 0 Å². The molecule has 2 fully saturated rings. The summed E-state index contributed by atoms with van der Waals surface area (Å²) in [7, 11) is 0. The number of carbonyl (C=O) groups excluding carboxylic acids is 1. The van der Waals surface area contributed by atoms with Gasteiger partial charge in [-0.15, -0.1) is 0 Å². The Kier molecular flexibility index (Phi) is 4.86. The molecule has 1 saturated heterocycles. The topological polar surface area (TPSA) is 89.9 Å². The number of carboxylic acids is 1. The summed E-state index contributed by atoms with van der Waals surface area (Å²) in [5.74, 6) is -0.573. The first-order valence-corrected chi connectivity index (χ1v) is 7.51. The molecule has 2 rings (SSSR count). The Morgan fingerprint density at radius 3 is 2.65 bits per heavy atom. The van der Waals surface area contributed by atoms with E-state index in [4.69, 9.17) is 5.11 Å². The van der Waals surface area contributed by atoms with Crippen LogP contribution in [0.5, 0.6) is 0 Å². The summed E-state index contributed by atoms with van der Waals surface area (Å²) in [6.07, 6.45) is 4.78. The van der Waals surface area contributed by atoms with Crippen molar-refractivity contribution < 1.29 is 19.8 Å². The van der Waals surface area contributed by atoms with Crippen LogP contribution in [-0.2, 0) is 4.79 Å². The van der Waals surface area contributed by atoms with Crippen molar-refractivity contribution in [1.29, 1.82) is 0 Å². The van der Waals surface area contributed by atoms with Gasteiger partial charge in [0, 0.05) is 19.0 Å². The van der Waals surface area contributed by atoms with Crippen LogP contribution in [0.1, 0.15) is 45.4 Å². The van der Waals surface area contributed by atoms with E-state index in [1.165, 1.54) is 11.3 Å². The zero-order chi connectivity index (χ0) is 14.7. The first kappa shape index (κ1) is 15.1. The van der Waals surface area contributed by atoms with Crippen LogP contribution in [0, 0.1) is 5.92 Å². The van der Waals surface area contributed by atoms with Crippen molar-refractivity contribution in [3.8, 4) is 0 Å². The molecule has 4 atom stereocenters. The Labute approximate surface area is 119 Å². The number of likely N-dealkylation sites (tertiary alicyclic amines) is 1. The van der Waals surface area contributed by atoms with Crippen molar-refractivity contribution >= 4 is 12.0 Å². The van der Waals surface area contributed by atoms with E-state index in [1.807, 2.05) is 0 Å². The van der Waals surface area contributed by atoms with E-state index in [0.717, 1.165) is 25.7 Å². The van der Waals surface area contributed by atoms with Crippen LogP contribution in [-0.4, -0.2) is 51.8 Å². The van der Waals surface area contributed by atoms with E-state index in [1.54, 1.807) is 0 Å². The number of rotatable bonds is 3. The number of urea groups is 1. The fourth-order valence-corrected chi connectivity index (χ4v) is 3.40. The molecule has 6 nitrogen and oxygen atoms in total. The number of aliphatic carboxylic acids is 1. The van der Waals surface area contributed by atoms with Gasteiger partial charge in [-0.25, -0.2) is 9.59 Å². The van der Waals surface area contributed by atoms with Gasteiger partial charge in [-0.2, -0.15) is 0 Å². The normalized spacial score (nSPS) is 34.0. The van der Waals surface area contributed by atoms with Gasteiger partial charge in [0.2, 0.25) is 0 Å². The molecule has 0 aromatic heterocycles.